The molecule has 1 unspecified atom stereocenters. The van der Waals surface area contributed by atoms with Gasteiger partial charge in [-0.05, 0) is 25.0 Å². The van der Waals surface area contributed by atoms with Gasteiger partial charge in [0.1, 0.15) is 0 Å². The molecule has 0 bridgehead atoms. The van der Waals surface area contributed by atoms with E-state index in [0.29, 0.717) is 22.6 Å². The number of benzene rings is 1. The summed E-state index contributed by atoms with van der Waals surface area (Å²) in [5, 5.41) is 9.98. The molecule has 2 heterocycles. The van der Waals surface area contributed by atoms with Crippen molar-refractivity contribution >= 4 is 22.7 Å². The van der Waals surface area contributed by atoms with Crippen LogP contribution in [0.5, 0.6) is 0 Å². The molecular weight excluding hydrogens is 286 g/mol. The van der Waals surface area contributed by atoms with Crippen molar-refractivity contribution in [1.82, 2.24) is 9.55 Å². The first-order valence-electron chi connectivity index (χ1n) is 6.90. The molecule has 0 spiro atoms. The third kappa shape index (κ3) is 2.94. The Hall–Kier alpha value is -1.84. The number of fused-ring (bicyclic) bond motifs is 1. The van der Waals surface area contributed by atoms with E-state index < -0.39 is 0 Å². The predicted octanol–water partition coefficient (Wildman–Crippen LogP) is 2.19. The number of thioether (sulfide) groups is 1. The Bertz CT molecular complexity index is 745. The first-order valence-corrected chi connectivity index (χ1v) is 7.89. The highest BCUT2D eigenvalue weighted by Crippen LogP contribution is 2.20. The van der Waals surface area contributed by atoms with Gasteiger partial charge in [-0.3, -0.25) is 9.36 Å². The van der Waals surface area contributed by atoms with Gasteiger partial charge < -0.3 is 4.74 Å². The second-order valence-electron chi connectivity index (χ2n) is 4.91. The van der Waals surface area contributed by atoms with Gasteiger partial charge in [0.2, 0.25) is 0 Å². The highest BCUT2D eigenvalue weighted by atomic mass is 32.2. The average Bonchev–Trinajstić information content (AvgIpc) is 3.01. The van der Waals surface area contributed by atoms with Gasteiger partial charge in [0.25, 0.3) is 5.56 Å². The molecule has 5 nitrogen and oxygen atoms in total. The fraction of sp³-hybridized carbons (Fsp3) is 0.400. The number of hydrogen-bond acceptors (Lipinski definition) is 5. The van der Waals surface area contributed by atoms with E-state index in [-0.39, 0.29) is 17.4 Å². The van der Waals surface area contributed by atoms with Crippen LogP contribution in [0.25, 0.3) is 10.9 Å². The van der Waals surface area contributed by atoms with Crippen molar-refractivity contribution in [3.05, 3.63) is 34.6 Å². The smallest absolute Gasteiger partial charge is 0.262 e. The lowest BCUT2D eigenvalue weighted by Gasteiger charge is -2.15. The molecule has 1 aromatic heterocycles. The largest absolute Gasteiger partial charge is 0.376 e. The normalized spacial score (nSPS) is 18.0. The third-order valence-corrected chi connectivity index (χ3v) is 4.35. The van der Waals surface area contributed by atoms with E-state index in [1.54, 1.807) is 10.6 Å². The molecule has 108 valence electrons. The number of ether oxygens (including phenoxy) is 1. The summed E-state index contributed by atoms with van der Waals surface area (Å²) in [5.41, 5.74) is 0.614. The van der Waals surface area contributed by atoms with Crippen LogP contribution in [-0.2, 0) is 11.3 Å². The lowest BCUT2D eigenvalue weighted by Crippen LogP contribution is -2.28. The molecule has 1 aliphatic heterocycles. The Morgan fingerprint density at radius 3 is 3.10 bits per heavy atom. The summed E-state index contributed by atoms with van der Waals surface area (Å²) in [6, 6.07) is 9.39. The minimum Gasteiger partial charge on any atom is -0.376 e. The summed E-state index contributed by atoms with van der Waals surface area (Å²) in [6.07, 6.45) is 2.05. The van der Waals surface area contributed by atoms with E-state index >= 15 is 0 Å². The molecule has 21 heavy (non-hydrogen) atoms. The quantitative estimate of drug-likeness (QED) is 0.639. The standard InChI is InChI=1S/C15H15N3O2S/c16-7-9-21-15-17-13-6-2-1-5-12(13)14(19)18(15)10-11-4-3-8-20-11/h1-2,5-6,11H,3-4,8-10H2. The monoisotopic (exact) mass is 301 g/mol. The van der Waals surface area contributed by atoms with E-state index in [4.69, 9.17) is 10.00 Å². The average molecular weight is 301 g/mol. The Morgan fingerprint density at radius 1 is 1.48 bits per heavy atom. The van der Waals surface area contributed by atoms with Gasteiger partial charge in [0, 0.05) is 6.61 Å². The minimum absolute atomic E-state index is 0.0588. The van der Waals surface area contributed by atoms with Crippen LogP contribution in [0.1, 0.15) is 12.8 Å². The van der Waals surface area contributed by atoms with Crippen LogP contribution in [0, 0.1) is 11.3 Å². The fourth-order valence-electron chi connectivity index (χ4n) is 2.51. The molecule has 0 aliphatic carbocycles. The summed E-state index contributed by atoms with van der Waals surface area (Å²) >= 11 is 1.29. The molecule has 3 rings (SSSR count). The lowest BCUT2D eigenvalue weighted by atomic mass is 10.2. The fourth-order valence-corrected chi connectivity index (χ4v) is 3.18. The maximum absolute atomic E-state index is 12.7. The highest BCUT2D eigenvalue weighted by Gasteiger charge is 2.20. The zero-order chi connectivity index (χ0) is 14.7. The topological polar surface area (TPSA) is 67.9 Å². The van der Waals surface area contributed by atoms with Crippen LogP contribution < -0.4 is 5.56 Å². The number of para-hydroxylation sites is 1. The molecule has 0 saturated carbocycles. The molecule has 6 heteroatoms. The van der Waals surface area contributed by atoms with Crippen molar-refractivity contribution < 1.29 is 4.74 Å². The Labute approximate surface area is 126 Å². The maximum atomic E-state index is 12.7. The summed E-state index contributed by atoms with van der Waals surface area (Å²) in [7, 11) is 0. The molecule has 0 amide bonds. The van der Waals surface area contributed by atoms with Crippen molar-refractivity contribution in [2.24, 2.45) is 0 Å². The Kier molecular flexibility index (Phi) is 4.23. The van der Waals surface area contributed by atoms with Gasteiger partial charge in [0.15, 0.2) is 5.16 Å². The van der Waals surface area contributed by atoms with Gasteiger partial charge in [-0.25, -0.2) is 4.98 Å². The number of hydrogen-bond donors (Lipinski definition) is 0. The first-order chi connectivity index (χ1) is 10.3. The third-order valence-electron chi connectivity index (χ3n) is 3.50. The minimum atomic E-state index is -0.0588. The van der Waals surface area contributed by atoms with Gasteiger partial charge in [-0.1, -0.05) is 23.9 Å². The van der Waals surface area contributed by atoms with Crippen LogP contribution in [0.2, 0.25) is 0 Å². The molecule has 1 fully saturated rings. The van der Waals surface area contributed by atoms with Crippen LogP contribution in [-0.4, -0.2) is 28.0 Å². The zero-order valence-electron chi connectivity index (χ0n) is 11.5. The predicted molar refractivity (Wildman–Crippen MR) is 81.3 cm³/mol. The highest BCUT2D eigenvalue weighted by molar-refractivity contribution is 7.99. The molecule has 1 atom stereocenters. The van der Waals surface area contributed by atoms with Gasteiger partial charge in [-0.15, -0.1) is 0 Å². The summed E-state index contributed by atoms with van der Waals surface area (Å²) in [6.45, 7) is 1.26. The lowest BCUT2D eigenvalue weighted by molar-refractivity contribution is 0.0937. The number of nitriles is 1. The van der Waals surface area contributed by atoms with Crippen LogP contribution in [0.15, 0.2) is 34.2 Å². The van der Waals surface area contributed by atoms with Crippen molar-refractivity contribution in [2.75, 3.05) is 12.4 Å². The Balaban J connectivity index is 2.06. The molecule has 0 N–H and O–H groups in total. The second-order valence-corrected chi connectivity index (χ2v) is 5.85. The zero-order valence-corrected chi connectivity index (χ0v) is 12.3. The number of nitrogens with zero attached hydrogens (tertiary/aromatic N) is 3. The van der Waals surface area contributed by atoms with Gasteiger partial charge in [-0.2, -0.15) is 5.26 Å². The van der Waals surface area contributed by atoms with Crippen molar-refractivity contribution in [3.8, 4) is 6.07 Å². The summed E-state index contributed by atoms with van der Waals surface area (Å²) in [4.78, 5) is 17.2. The first kappa shape index (κ1) is 14.1. The van der Waals surface area contributed by atoms with E-state index in [1.165, 1.54) is 11.8 Å². The summed E-state index contributed by atoms with van der Waals surface area (Å²) < 4.78 is 7.27. The van der Waals surface area contributed by atoms with Gasteiger partial charge >= 0.3 is 0 Å². The molecule has 1 saturated heterocycles. The van der Waals surface area contributed by atoms with Gasteiger partial charge in [0.05, 0.1) is 35.4 Å². The van der Waals surface area contributed by atoms with E-state index in [1.807, 2.05) is 18.2 Å². The Morgan fingerprint density at radius 2 is 2.33 bits per heavy atom. The second kappa shape index (κ2) is 6.29. The van der Waals surface area contributed by atoms with E-state index in [0.717, 1.165) is 19.4 Å². The van der Waals surface area contributed by atoms with Crippen LogP contribution in [0.3, 0.4) is 0 Å². The molecule has 0 radical (unpaired) electrons. The van der Waals surface area contributed by atoms with Crippen molar-refractivity contribution in [1.29, 1.82) is 5.26 Å². The van der Waals surface area contributed by atoms with Crippen molar-refractivity contribution in [3.63, 3.8) is 0 Å². The molecule has 1 aromatic carbocycles. The molecular formula is C15H15N3O2S. The molecule has 1 aliphatic rings. The van der Waals surface area contributed by atoms with E-state index in [9.17, 15) is 4.79 Å². The summed E-state index contributed by atoms with van der Waals surface area (Å²) in [5.74, 6) is 0.274. The number of aromatic nitrogens is 2. The number of rotatable bonds is 4. The van der Waals surface area contributed by atoms with Crippen LogP contribution >= 0.6 is 11.8 Å². The van der Waals surface area contributed by atoms with Crippen LogP contribution in [0.4, 0.5) is 0 Å². The SMILES string of the molecule is N#CCSc1nc2ccccc2c(=O)n1CC1CCCO1. The maximum Gasteiger partial charge on any atom is 0.262 e. The molecule has 2 aromatic rings. The van der Waals surface area contributed by atoms with E-state index in [2.05, 4.69) is 11.1 Å². The van der Waals surface area contributed by atoms with Crippen molar-refractivity contribution in [2.45, 2.75) is 30.6 Å².